The van der Waals surface area contributed by atoms with Gasteiger partial charge in [-0.15, -0.1) is 0 Å². The minimum Gasteiger partial charge on any atom is -0.348 e. The number of rotatable bonds is 3. The summed E-state index contributed by atoms with van der Waals surface area (Å²) in [5, 5.41) is 3.69. The molecular weight excluding hydrogens is 308 g/mol. The molecule has 4 nitrogen and oxygen atoms in total. The van der Waals surface area contributed by atoms with Crippen LogP contribution >= 0.6 is 0 Å². The summed E-state index contributed by atoms with van der Waals surface area (Å²) in [5.41, 5.74) is 8.12. The monoisotopic (exact) mass is 338 g/mol. The molecule has 2 aliphatic heterocycles. The van der Waals surface area contributed by atoms with E-state index in [0.717, 1.165) is 25.4 Å². The highest BCUT2D eigenvalue weighted by atomic mass is 15.1. The number of aryl methyl sites for hydroxylation is 1. The van der Waals surface area contributed by atoms with E-state index in [1.807, 2.05) is 6.33 Å². The molecule has 0 bridgehead atoms. The summed E-state index contributed by atoms with van der Waals surface area (Å²) in [6.07, 6.45) is 5.54. The SMILES string of the molecule is Cc1cc(CN2CCC(C)CC2)c(C)c([C@@H]2NCCc3[nH]cnc32)c1. The first-order valence-corrected chi connectivity index (χ1v) is 9.69. The van der Waals surface area contributed by atoms with Crippen molar-refractivity contribution in [3.8, 4) is 0 Å². The highest BCUT2D eigenvalue weighted by Crippen LogP contribution is 2.31. The number of aromatic nitrogens is 2. The number of likely N-dealkylation sites (tertiary alicyclic amines) is 1. The molecule has 0 aliphatic carbocycles. The zero-order valence-corrected chi connectivity index (χ0v) is 15.7. The van der Waals surface area contributed by atoms with Crippen molar-refractivity contribution < 1.29 is 0 Å². The second-order valence-electron chi connectivity index (χ2n) is 8.00. The molecule has 2 aromatic rings. The number of hydrogen-bond donors (Lipinski definition) is 2. The molecular formula is C21H30N4. The van der Waals surface area contributed by atoms with Crippen LogP contribution in [0.1, 0.15) is 59.4 Å². The number of nitrogens with zero attached hydrogens (tertiary/aromatic N) is 2. The summed E-state index contributed by atoms with van der Waals surface area (Å²) in [4.78, 5) is 10.6. The molecule has 1 aromatic carbocycles. The average molecular weight is 338 g/mol. The Labute approximate surface area is 151 Å². The van der Waals surface area contributed by atoms with Crippen molar-refractivity contribution in [1.29, 1.82) is 0 Å². The minimum atomic E-state index is 0.218. The lowest BCUT2D eigenvalue weighted by Crippen LogP contribution is -2.33. The third-order valence-electron chi connectivity index (χ3n) is 6.03. The number of aromatic amines is 1. The molecule has 4 rings (SSSR count). The van der Waals surface area contributed by atoms with Gasteiger partial charge in [-0.3, -0.25) is 4.90 Å². The Morgan fingerprint density at radius 3 is 2.80 bits per heavy atom. The fourth-order valence-electron chi connectivity index (χ4n) is 4.36. The van der Waals surface area contributed by atoms with Gasteiger partial charge in [0, 0.05) is 25.2 Å². The maximum atomic E-state index is 4.61. The van der Waals surface area contributed by atoms with Crippen LogP contribution in [0.25, 0.3) is 0 Å². The van der Waals surface area contributed by atoms with Gasteiger partial charge < -0.3 is 10.3 Å². The molecule has 0 unspecified atom stereocenters. The van der Waals surface area contributed by atoms with Crippen molar-refractivity contribution in [1.82, 2.24) is 20.2 Å². The smallest absolute Gasteiger partial charge is 0.0926 e. The highest BCUT2D eigenvalue weighted by molar-refractivity contribution is 5.44. The molecule has 2 N–H and O–H groups in total. The molecule has 0 saturated carbocycles. The number of fused-ring (bicyclic) bond motifs is 1. The van der Waals surface area contributed by atoms with E-state index in [2.05, 4.69) is 53.1 Å². The quantitative estimate of drug-likeness (QED) is 0.900. The lowest BCUT2D eigenvalue weighted by atomic mass is 9.89. The standard InChI is InChI=1S/C21H30N4/c1-14-5-8-25(9-6-14)12-17-10-15(2)11-18(16(17)3)20-21-19(4-7-22-20)23-13-24-21/h10-11,13-14,20,22H,4-9,12H2,1-3H3,(H,23,24)/t20-/m0/s1. The van der Waals surface area contributed by atoms with Gasteiger partial charge >= 0.3 is 0 Å². The van der Waals surface area contributed by atoms with Crippen molar-refractivity contribution in [2.75, 3.05) is 19.6 Å². The fourth-order valence-corrected chi connectivity index (χ4v) is 4.36. The summed E-state index contributed by atoms with van der Waals surface area (Å²) >= 11 is 0. The van der Waals surface area contributed by atoms with E-state index in [-0.39, 0.29) is 6.04 Å². The van der Waals surface area contributed by atoms with Gasteiger partial charge in [-0.2, -0.15) is 0 Å². The average Bonchev–Trinajstić information content (AvgIpc) is 3.08. The third-order valence-corrected chi connectivity index (χ3v) is 6.03. The van der Waals surface area contributed by atoms with Crippen molar-refractivity contribution in [3.63, 3.8) is 0 Å². The second-order valence-corrected chi connectivity index (χ2v) is 8.00. The van der Waals surface area contributed by atoms with Crippen molar-refractivity contribution >= 4 is 0 Å². The van der Waals surface area contributed by atoms with Gasteiger partial charge in [0.15, 0.2) is 0 Å². The first-order valence-electron chi connectivity index (χ1n) is 9.69. The number of nitrogens with one attached hydrogen (secondary N) is 2. The normalized spacial score (nSPS) is 22.1. The predicted octanol–water partition coefficient (Wildman–Crippen LogP) is 3.49. The molecule has 1 atom stereocenters. The number of benzene rings is 1. The summed E-state index contributed by atoms with van der Waals surface area (Å²) in [6.45, 7) is 11.4. The van der Waals surface area contributed by atoms with Gasteiger partial charge in [0.05, 0.1) is 18.1 Å². The topological polar surface area (TPSA) is 44.0 Å². The maximum absolute atomic E-state index is 4.61. The Bertz CT molecular complexity index is 740. The van der Waals surface area contributed by atoms with Crippen LogP contribution in [0.3, 0.4) is 0 Å². The summed E-state index contributed by atoms with van der Waals surface area (Å²) < 4.78 is 0. The van der Waals surface area contributed by atoms with Crippen LogP contribution in [0.2, 0.25) is 0 Å². The van der Waals surface area contributed by atoms with Crippen molar-refractivity contribution in [2.45, 2.75) is 52.6 Å². The van der Waals surface area contributed by atoms with Gasteiger partial charge in [-0.05, 0) is 62.4 Å². The van der Waals surface area contributed by atoms with E-state index in [1.165, 1.54) is 59.6 Å². The summed E-state index contributed by atoms with van der Waals surface area (Å²) in [7, 11) is 0. The number of imidazole rings is 1. The van der Waals surface area contributed by atoms with Gasteiger partial charge in [0.25, 0.3) is 0 Å². The molecule has 4 heteroatoms. The van der Waals surface area contributed by atoms with Crippen molar-refractivity contribution in [2.24, 2.45) is 5.92 Å². The molecule has 2 aliphatic rings. The minimum absolute atomic E-state index is 0.218. The first kappa shape index (κ1) is 16.8. The molecule has 1 fully saturated rings. The molecule has 3 heterocycles. The molecule has 25 heavy (non-hydrogen) atoms. The van der Waals surface area contributed by atoms with Crippen LogP contribution in [0.4, 0.5) is 0 Å². The van der Waals surface area contributed by atoms with Crippen LogP contribution in [0.15, 0.2) is 18.5 Å². The Kier molecular flexibility index (Phi) is 4.65. The molecule has 1 aromatic heterocycles. The van der Waals surface area contributed by atoms with E-state index >= 15 is 0 Å². The highest BCUT2D eigenvalue weighted by Gasteiger charge is 2.26. The molecule has 1 saturated heterocycles. The lowest BCUT2D eigenvalue weighted by Gasteiger charge is -2.32. The van der Waals surface area contributed by atoms with Gasteiger partial charge in [-0.1, -0.05) is 24.6 Å². The van der Waals surface area contributed by atoms with Crippen LogP contribution in [-0.2, 0) is 13.0 Å². The number of hydrogen-bond acceptors (Lipinski definition) is 3. The zero-order chi connectivity index (χ0) is 17.4. The predicted molar refractivity (Wildman–Crippen MR) is 102 cm³/mol. The van der Waals surface area contributed by atoms with Crippen molar-refractivity contribution in [3.05, 3.63) is 52.1 Å². The third kappa shape index (κ3) is 3.38. The second kappa shape index (κ2) is 6.93. The lowest BCUT2D eigenvalue weighted by molar-refractivity contribution is 0.185. The largest absolute Gasteiger partial charge is 0.348 e. The Hall–Kier alpha value is -1.65. The van der Waals surface area contributed by atoms with Gasteiger partial charge in [0.2, 0.25) is 0 Å². The van der Waals surface area contributed by atoms with E-state index in [0.29, 0.717) is 0 Å². The molecule has 134 valence electrons. The van der Waals surface area contributed by atoms with E-state index in [4.69, 9.17) is 0 Å². The maximum Gasteiger partial charge on any atom is 0.0926 e. The van der Waals surface area contributed by atoms with Crippen LogP contribution in [0, 0.1) is 19.8 Å². The van der Waals surface area contributed by atoms with Crippen LogP contribution in [-0.4, -0.2) is 34.5 Å². The van der Waals surface area contributed by atoms with Crippen LogP contribution < -0.4 is 5.32 Å². The molecule has 0 radical (unpaired) electrons. The van der Waals surface area contributed by atoms with Crippen LogP contribution in [0.5, 0.6) is 0 Å². The number of H-pyrrole nitrogens is 1. The van der Waals surface area contributed by atoms with Gasteiger partial charge in [0.1, 0.15) is 0 Å². The molecule has 0 spiro atoms. The van der Waals surface area contributed by atoms with E-state index in [1.54, 1.807) is 0 Å². The Balaban J connectivity index is 1.63. The first-order chi connectivity index (χ1) is 12.1. The summed E-state index contributed by atoms with van der Waals surface area (Å²) in [6, 6.07) is 4.94. The summed E-state index contributed by atoms with van der Waals surface area (Å²) in [5.74, 6) is 0.884. The Morgan fingerprint density at radius 2 is 2.00 bits per heavy atom. The van der Waals surface area contributed by atoms with Gasteiger partial charge in [-0.25, -0.2) is 4.98 Å². The van der Waals surface area contributed by atoms with E-state index in [9.17, 15) is 0 Å². The molecule has 0 amide bonds. The van der Waals surface area contributed by atoms with E-state index < -0.39 is 0 Å². The number of piperidine rings is 1. The zero-order valence-electron chi connectivity index (χ0n) is 15.7. The fraction of sp³-hybridized carbons (Fsp3) is 0.571. The Morgan fingerprint density at radius 1 is 1.20 bits per heavy atom.